The zero-order valence-electron chi connectivity index (χ0n) is 13.2. The van der Waals surface area contributed by atoms with Gasteiger partial charge in [0.2, 0.25) is 0 Å². The fourth-order valence-electron chi connectivity index (χ4n) is 2.39. The van der Waals surface area contributed by atoms with Gasteiger partial charge in [0, 0.05) is 0 Å². The second-order valence-corrected chi connectivity index (χ2v) is 6.26. The number of ether oxygens (including phenoxy) is 2. The van der Waals surface area contributed by atoms with E-state index in [0.29, 0.717) is 0 Å². The van der Waals surface area contributed by atoms with E-state index in [-0.39, 0.29) is 6.61 Å². The normalized spacial score (nSPS) is 32.0. The van der Waals surface area contributed by atoms with Gasteiger partial charge in [0.05, 0.1) is 18.8 Å². The molecule has 2 rings (SSSR count). The summed E-state index contributed by atoms with van der Waals surface area (Å²) in [6.07, 6.45) is -6.41. The van der Waals surface area contributed by atoms with Gasteiger partial charge in [-0.1, -0.05) is 24.3 Å². The molecule has 1 aliphatic rings. The maximum absolute atomic E-state index is 9.90. The standard InChI is InChI=1S/C16H24O7/c1-16(2,21)10-5-3-9(4-6-10)8-22-15-14(20)13(19)12(18)11(7-17)23-15/h3-6,11-15,17-21H,7-8H2,1-2H3. The zero-order chi connectivity index (χ0) is 17.2. The number of rotatable bonds is 5. The highest BCUT2D eigenvalue weighted by molar-refractivity contribution is 5.25. The molecule has 5 atom stereocenters. The average molecular weight is 328 g/mol. The largest absolute Gasteiger partial charge is 0.394 e. The van der Waals surface area contributed by atoms with E-state index in [4.69, 9.17) is 14.6 Å². The Hall–Kier alpha value is -1.06. The molecule has 0 spiro atoms. The lowest BCUT2D eigenvalue weighted by Crippen LogP contribution is -2.59. The van der Waals surface area contributed by atoms with Crippen LogP contribution in [0.4, 0.5) is 0 Å². The van der Waals surface area contributed by atoms with Crippen molar-refractivity contribution in [2.45, 2.75) is 56.8 Å². The summed E-state index contributed by atoms with van der Waals surface area (Å²) in [5.74, 6) is 0. The van der Waals surface area contributed by atoms with Crippen molar-refractivity contribution in [3.8, 4) is 0 Å². The predicted octanol–water partition coefficient (Wildman–Crippen LogP) is -0.770. The first kappa shape index (κ1) is 18.3. The molecule has 7 heteroatoms. The van der Waals surface area contributed by atoms with Gasteiger partial charge in [0.15, 0.2) is 6.29 Å². The first-order valence-corrected chi connectivity index (χ1v) is 7.48. The molecule has 0 bridgehead atoms. The maximum Gasteiger partial charge on any atom is 0.187 e. The lowest BCUT2D eigenvalue weighted by Gasteiger charge is -2.39. The van der Waals surface area contributed by atoms with Crippen molar-refractivity contribution in [2.24, 2.45) is 0 Å². The van der Waals surface area contributed by atoms with Crippen LogP contribution in [0.5, 0.6) is 0 Å². The molecule has 5 N–H and O–H groups in total. The molecule has 1 aliphatic heterocycles. The first-order chi connectivity index (χ1) is 10.7. The van der Waals surface area contributed by atoms with Crippen LogP contribution in [0.2, 0.25) is 0 Å². The summed E-state index contributed by atoms with van der Waals surface area (Å²) in [5, 5.41) is 48.3. The SMILES string of the molecule is CC(C)(O)c1ccc(COC2OC(CO)C(O)C(O)C2O)cc1. The van der Waals surface area contributed by atoms with Crippen molar-refractivity contribution in [1.29, 1.82) is 0 Å². The fourth-order valence-corrected chi connectivity index (χ4v) is 2.39. The number of hydrogen-bond acceptors (Lipinski definition) is 7. The first-order valence-electron chi connectivity index (χ1n) is 7.48. The van der Waals surface area contributed by atoms with Crippen LogP contribution in [0.25, 0.3) is 0 Å². The number of hydrogen-bond donors (Lipinski definition) is 5. The molecule has 0 aromatic heterocycles. The van der Waals surface area contributed by atoms with Gasteiger partial charge in [-0.05, 0) is 25.0 Å². The summed E-state index contributed by atoms with van der Waals surface area (Å²) in [7, 11) is 0. The van der Waals surface area contributed by atoms with Crippen molar-refractivity contribution >= 4 is 0 Å². The van der Waals surface area contributed by atoms with Gasteiger partial charge in [0.1, 0.15) is 24.4 Å². The molecule has 0 amide bonds. The number of benzene rings is 1. The third-order valence-corrected chi connectivity index (χ3v) is 3.92. The van der Waals surface area contributed by atoms with E-state index in [1.165, 1.54) is 0 Å². The second kappa shape index (κ2) is 7.23. The van der Waals surface area contributed by atoms with E-state index in [0.717, 1.165) is 11.1 Å². The van der Waals surface area contributed by atoms with Crippen LogP contribution in [0, 0.1) is 0 Å². The highest BCUT2D eigenvalue weighted by Gasteiger charge is 2.43. The Bertz CT molecular complexity index is 494. The van der Waals surface area contributed by atoms with Crippen LogP contribution >= 0.6 is 0 Å². The van der Waals surface area contributed by atoms with Gasteiger partial charge in [-0.25, -0.2) is 0 Å². The second-order valence-electron chi connectivity index (χ2n) is 6.26. The lowest BCUT2D eigenvalue weighted by molar-refractivity contribution is -0.304. The molecular weight excluding hydrogens is 304 g/mol. The van der Waals surface area contributed by atoms with Gasteiger partial charge in [-0.2, -0.15) is 0 Å². The Labute approximate surface area is 134 Å². The molecule has 1 aromatic rings. The van der Waals surface area contributed by atoms with Crippen molar-refractivity contribution in [2.75, 3.05) is 6.61 Å². The Morgan fingerprint density at radius 3 is 2.17 bits per heavy atom. The fraction of sp³-hybridized carbons (Fsp3) is 0.625. The Morgan fingerprint density at radius 1 is 1.04 bits per heavy atom. The van der Waals surface area contributed by atoms with Crippen LogP contribution in [0.15, 0.2) is 24.3 Å². The molecule has 0 aliphatic carbocycles. The minimum Gasteiger partial charge on any atom is -0.394 e. The molecule has 0 saturated carbocycles. The Balaban J connectivity index is 1.97. The van der Waals surface area contributed by atoms with Gasteiger partial charge in [0.25, 0.3) is 0 Å². The maximum atomic E-state index is 9.90. The average Bonchev–Trinajstić information content (AvgIpc) is 2.51. The zero-order valence-corrected chi connectivity index (χ0v) is 13.2. The van der Waals surface area contributed by atoms with E-state index in [1.807, 2.05) is 0 Å². The van der Waals surface area contributed by atoms with Crippen molar-refractivity contribution in [3.63, 3.8) is 0 Å². The molecule has 1 saturated heterocycles. The molecular formula is C16H24O7. The highest BCUT2D eigenvalue weighted by atomic mass is 16.7. The monoisotopic (exact) mass is 328 g/mol. The van der Waals surface area contributed by atoms with E-state index < -0.39 is 42.9 Å². The summed E-state index contributed by atoms with van der Waals surface area (Å²) >= 11 is 0. The molecule has 23 heavy (non-hydrogen) atoms. The topological polar surface area (TPSA) is 120 Å². The van der Waals surface area contributed by atoms with Crippen LogP contribution < -0.4 is 0 Å². The molecule has 1 heterocycles. The Kier molecular flexibility index (Phi) is 5.74. The summed E-state index contributed by atoms with van der Waals surface area (Å²) in [5.41, 5.74) is 0.612. The number of aliphatic hydroxyl groups is 5. The molecule has 5 unspecified atom stereocenters. The van der Waals surface area contributed by atoms with Gasteiger partial charge in [-0.3, -0.25) is 0 Å². The van der Waals surface area contributed by atoms with E-state index in [1.54, 1.807) is 38.1 Å². The van der Waals surface area contributed by atoms with E-state index in [9.17, 15) is 20.4 Å². The Morgan fingerprint density at radius 2 is 1.65 bits per heavy atom. The minimum atomic E-state index is -1.46. The van der Waals surface area contributed by atoms with Gasteiger partial charge < -0.3 is 35.0 Å². The number of aliphatic hydroxyl groups excluding tert-OH is 4. The summed E-state index contributed by atoms with van der Waals surface area (Å²) in [6, 6.07) is 7.09. The summed E-state index contributed by atoms with van der Waals surface area (Å²) in [4.78, 5) is 0. The smallest absolute Gasteiger partial charge is 0.187 e. The molecule has 130 valence electrons. The summed E-state index contributed by atoms with van der Waals surface area (Å²) < 4.78 is 10.7. The predicted molar refractivity (Wildman–Crippen MR) is 80.2 cm³/mol. The molecule has 1 aromatic carbocycles. The van der Waals surface area contributed by atoms with E-state index in [2.05, 4.69) is 0 Å². The third-order valence-electron chi connectivity index (χ3n) is 3.92. The van der Waals surface area contributed by atoms with Crippen molar-refractivity contribution in [1.82, 2.24) is 0 Å². The molecule has 1 fully saturated rings. The van der Waals surface area contributed by atoms with Gasteiger partial charge >= 0.3 is 0 Å². The highest BCUT2D eigenvalue weighted by Crippen LogP contribution is 2.24. The van der Waals surface area contributed by atoms with Crippen LogP contribution in [-0.2, 0) is 21.7 Å². The molecule has 0 radical (unpaired) electrons. The van der Waals surface area contributed by atoms with Crippen molar-refractivity contribution in [3.05, 3.63) is 35.4 Å². The van der Waals surface area contributed by atoms with Gasteiger partial charge in [-0.15, -0.1) is 0 Å². The minimum absolute atomic E-state index is 0.106. The lowest BCUT2D eigenvalue weighted by atomic mass is 9.97. The summed E-state index contributed by atoms with van der Waals surface area (Å²) in [6.45, 7) is 2.98. The van der Waals surface area contributed by atoms with E-state index >= 15 is 0 Å². The van der Waals surface area contributed by atoms with Crippen molar-refractivity contribution < 1.29 is 35.0 Å². The van der Waals surface area contributed by atoms with Crippen LogP contribution in [0.3, 0.4) is 0 Å². The quantitative estimate of drug-likeness (QED) is 0.481. The molecule has 7 nitrogen and oxygen atoms in total. The van der Waals surface area contributed by atoms with Crippen LogP contribution in [-0.4, -0.2) is 62.8 Å². The third kappa shape index (κ3) is 4.27. The van der Waals surface area contributed by atoms with Crippen LogP contribution in [0.1, 0.15) is 25.0 Å².